The summed E-state index contributed by atoms with van der Waals surface area (Å²) in [6.07, 6.45) is 19.7. The normalized spacial score (nSPS) is 15.6. The number of allylic oxidation sites excluding steroid dienone is 2. The van der Waals surface area contributed by atoms with Gasteiger partial charge in [-0.15, -0.1) is 34.2 Å². The zero-order valence-corrected chi connectivity index (χ0v) is 85.1. The van der Waals surface area contributed by atoms with Crippen LogP contribution in [0.1, 0.15) is 210 Å². The van der Waals surface area contributed by atoms with E-state index >= 15 is 0 Å². The fourth-order valence-electron chi connectivity index (χ4n) is 17.6. The number of aromatic nitrogens is 11. The monoisotopic (exact) mass is 2510 g/mol. The fraction of sp³-hybridized carbons (Fsp3) is 0.191. The van der Waals surface area contributed by atoms with Crippen LogP contribution in [0.4, 0.5) is 40.3 Å². The van der Waals surface area contributed by atoms with Gasteiger partial charge < -0.3 is 19.8 Å². The van der Waals surface area contributed by atoms with Crippen LogP contribution in [-0.2, 0) is 123 Å². The summed E-state index contributed by atoms with van der Waals surface area (Å²) in [4.78, 5) is 82.1. The van der Waals surface area contributed by atoms with Crippen molar-refractivity contribution in [2.24, 2.45) is 15.0 Å². The number of para-hydroxylation sites is 4. The molecule has 0 aliphatic carbocycles. The van der Waals surface area contributed by atoms with Crippen LogP contribution in [-0.4, -0.2) is 81.9 Å². The molecule has 0 radical (unpaired) electrons. The third kappa shape index (κ3) is 21.9. The molecule has 4 unspecified atom stereocenters. The van der Waals surface area contributed by atoms with Gasteiger partial charge in [0.2, 0.25) is 5.78 Å². The first-order valence-electron chi connectivity index (χ1n) is 44.2. The van der Waals surface area contributed by atoms with Crippen molar-refractivity contribution in [2.45, 2.75) is 125 Å². The van der Waals surface area contributed by atoms with Crippen molar-refractivity contribution in [3.05, 3.63) is 437 Å². The second kappa shape index (κ2) is 44.8. The van der Waals surface area contributed by atoms with E-state index in [4.69, 9.17) is 44.9 Å². The predicted octanol–water partition coefficient (Wildman–Crippen LogP) is 21.5. The first kappa shape index (κ1) is 100.0. The van der Waals surface area contributed by atoms with E-state index in [0.717, 1.165) is 146 Å². The quantitative estimate of drug-likeness (QED) is 0.0420. The van der Waals surface area contributed by atoms with Gasteiger partial charge in [0.1, 0.15) is 34.4 Å². The van der Waals surface area contributed by atoms with Crippen LogP contribution in [0.15, 0.2) is 287 Å². The largest absolute Gasteiger partial charge is 2.00 e. The number of fused-ring (bicyclic) bond motifs is 4. The summed E-state index contributed by atoms with van der Waals surface area (Å²) in [6.45, 7) is 19.6. The molecule has 0 fully saturated rings. The predicted molar refractivity (Wildman–Crippen MR) is 512 cm³/mol. The molecule has 0 amide bonds. The summed E-state index contributed by atoms with van der Waals surface area (Å²) in [5.41, 5.74) is 32.2. The third-order valence-electron chi connectivity index (χ3n) is 24.6. The number of pyridine rings is 9. The molecule has 0 saturated heterocycles. The van der Waals surface area contributed by atoms with E-state index in [-0.39, 0.29) is 142 Å². The minimum absolute atomic E-state index is 0. The average molecular weight is 2510 g/mol. The maximum atomic E-state index is 14.0. The van der Waals surface area contributed by atoms with Crippen LogP contribution in [0.25, 0.3) is 41.0 Å². The van der Waals surface area contributed by atoms with Gasteiger partial charge in [0.15, 0.2) is 11.6 Å². The molecule has 20 rings (SSSR count). The Kier molecular flexibility index (Phi) is 33.2. The molecule has 17 nitrogen and oxygen atoms in total. The summed E-state index contributed by atoms with van der Waals surface area (Å²) in [5.74, 6) is -3.67. The standard InChI is InChI=1S/C31H36N4.C29H24N4.C29H26N4.C21H10F4N4O.4Pt/c1-8-23-24(9-2)30(34-28(23)16-22-14-12-13-15-32-22)18-31-26(11-4)25(10-3)29(35-31)17-27-20(6)19(5)21(7)33-27;1-18-22-11-3-5-13-24(22)32-28(18)26-15-7-9-20(30-26)17-21-10-8-16-27(31-21)29-19(2)23-12-4-6-14-25(23)33-29;1-32-26-15-5-3-9-20(26)17-28(32)24-13-7-11-22(30-24)19-23-12-8-14-25(31-23)29-18-21-10-4-6-16-27(21)33(29)2;22-11-7-13(24)19(26-9-11)15-3-1-5-17(28-15)21(30)18-6-2-4-16(29-18)20-14(25)8-12(23)10-27-20;;;;/h12-18H,8-11H2,1-7H3;3-16,18-19H,17H2,1-2H3;3-18,28-29H,19H2,1-2H3;1-10H;;;;/q-2;;-2;;;;2*+2. The SMILES string of the molecule is CC1C(c2cccc(Cc3cccc(C4=Nc5ccccc5C4C)n3)n2)=Nc2ccccc21.CCc1c(C=C2N=C(C)C(C)=C2C)[n-]c(C=c2[n-]c(=Cc3ccccn3)c(CC)c2CC)c1CC.CN1c2ccccc2[CH-]C1c1cccc(Cc2cccc(C3[CH-]c4ccccc4N3C)n2)n1.O=C(c1cccc(-c2ncc(F)cc2F)n1)c1cccc(-c2ncc(F)cc2F)n1.[Pt+2].[Pt+2].[Pt].[Pt]. The molecule has 16 heterocycles. The first-order chi connectivity index (χ1) is 63.7. The molecular formula is C110H96F4N16OPt4. The minimum atomic E-state index is -0.926. The van der Waals surface area contributed by atoms with Crippen molar-refractivity contribution < 1.29 is 107 Å². The molecule has 0 spiro atoms. The van der Waals surface area contributed by atoms with E-state index in [1.54, 1.807) is 0 Å². The van der Waals surface area contributed by atoms with E-state index < -0.39 is 29.1 Å². The first-order valence-corrected chi connectivity index (χ1v) is 44.2. The second-order valence-electron chi connectivity index (χ2n) is 32.8. The number of likely N-dealkylation sites (N-methyl/N-ethyl adjacent to an activating group) is 2. The Balaban J connectivity index is 0.000000151. The van der Waals surface area contributed by atoms with Gasteiger partial charge in [0.25, 0.3) is 0 Å². The van der Waals surface area contributed by atoms with Crippen LogP contribution in [0, 0.1) is 36.1 Å². The number of benzene rings is 4. The van der Waals surface area contributed by atoms with Gasteiger partial charge in [0.05, 0.1) is 80.7 Å². The topological polar surface area (TPSA) is 205 Å². The van der Waals surface area contributed by atoms with Gasteiger partial charge in [-0.25, -0.2) is 37.5 Å². The molecule has 4 aromatic carbocycles. The van der Waals surface area contributed by atoms with E-state index in [9.17, 15) is 22.4 Å². The molecule has 15 aromatic rings. The van der Waals surface area contributed by atoms with Gasteiger partial charge in [0, 0.05) is 126 Å². The van der Waals surface area contributed by atoms with Crippen LogP contribution in [0.2, 0.25) is 0 Å². The minimum Gasteiger partial charge on any atom is -0.657 e. The van der Waals surface area contributed by atoms with Crippen LogP contribution >= 0.6 is 0 Å². The third-order valence-corrected chi connectivity index (χ3v) is 24.6. The molecule has 5 aliphatic rings. The van der Waals surface area contributed by atoms with Crippen molar-refractivity contribution in [1.29, 1.82) is 0 Å². The Labute approximate surface area is 841 Å². The van der Waals surface area contributed by atoms with Crippen molar-refractivity contribution in [3.63, 3.8) is 0 Å². The Morgan fingerprint density at radius 3 is 1.27 bits per heavy atom. The van der Waals surface area contributed by atoms with E-state index in [1.165, 1.54) is 103 Å². The Morgan fingerprint density at radius 1 is 0.422 bits per heavy atom. The molecule has 0 N–H and O–H groups in total. The van der Waals surface area contributed by atoms with Crippen molar-refractivity contribution in [1.82, 2.24) is 54.8 Å². The molecule has 25 heteroatoms. The van der Waals surface area contributed by atoms with Gasteiger partial charge in [-0.05, 0) is 180 Å². The number of ketones is 1. The average Bonchev–Trinajstić information content (AvgIpc) is 1.65. The number of anilines is 2. The summed E-state index contributed by atoms with van der Waals surface area (Å²) in [6, 6.07) is 74.9. The van der Waals surface area contributed by atoms with Gasteiger partial charge >= 0.3 is 42.1 Å². The number of rotatable bonds is 19. The zero-order chi connectivity index (χ0) is 91.1. The Bertz CT molecular complexity index is 6890. The summed E-state index contributed by atoms with van der Waals surface area (Å²) in [5, 5.41) is 2.05. The molecule has 5 aliphatic heterocycles. The number of aliphatic imine (C=N–C) groups is 3. The molecular weight excluding hydrogens is 2420 g/mol. The summed E-state index contributed by atoms with van der Waals surface area (Å²) in [7, 11) is 4.28. The van der Waals surface area contributed by atoms with Crippen molar-refractivity contribution in [3.8, 4) is 22.8 Å². The van der Waals surface area contributed by atoms with Crippen LogP contribution < -0.4 is 30.5 Å². The molecule has 11 aromatic heterocycles. The number of carbonyl (C=O) groups is 1. The van der Waals surface area contributed by atoms with Crippen LogP contribution in [0.3, 0.4) is 0 Å². The molecule has 0 bridgehead atoms. The van der Waals surface area contributed by atoms with E-state index in [1.807, 2.05) is 36.5 Å². The van der Waals surface area contributed by atoms with Gasteiger partial charge in [-0.1, -0.05) is 197 Å². The smallest absolute Gasteiger partial charge is 0.657 e. The number of halogens is 4. The van der Waals surface area contributed by atoms with Crippen molar-refractivity contribution in [2.75, 3.05) is 23.9 Å². The van der Waals surface area contributed by atoms with Gasteiger partial charge in [-0.2, -0.15) is 36.1 Å². The molecule has 690 valence electrons. The summed E-state index contributed by atoms with van der Waals surface area (Å²) >= 11 is 0. The van der Waals surface area contributed by atoms with Gasteiger partial charge in [-0.3, -0.25) is 44.7 Å². The zero-order valence-electron chi connectivity index (χ0n) is 76.0. The maximum Gasteiger partial charge on any atom is 2.00 e. The van der Waals surface area contributed by atoms with E-state index in [0.29, 0.717) is 25.0 Å². The number of hydrogen-bond donors (Lipinski definition) is 0. The number of nitrogens with zero attached hydrogens (tertiary/aromatic N) is 16. The Morgan fingerprint density at radius 2 is 0.837 bits per heavy atom. The van der Waals surface area contributed by atoms with Crippen LogP contribution in [0.5, 0.6) is 0 Å². The van der Waals surface area contributed by atoms with E-state index in [2.05, 4.69) is 300 Å². The van der Waals surface area contributed by atoms with Crippen molar-refractivity contribution >= 4 is 63.9 Å². The number of hydrogen-bond acceptors (Lipinski definition) is 15. The molecule has 135 heavy (non-hydrogen) atoms. The fourth-order valence-corrected chi connectivity index (χ4v) is 17.6. The Hall–Kier alpha value is -12.5. The summed E-state index contributed by atoms with van der Waals surface area (Å²) < 4.78 is 54.1. The second-order valence-corrected chi connectivity index (χ2v) is 32.8. The maximum absolute atomic E-state index is 14.0. The molecule has 0 saturated carbocycles. The number of carbonyl (C=O) groups excluding carboxylic acids is 1. The molecule has 4 atom stereocenters.